The minimum atomic E-state index is -0.380. The van der Waals surface area contributed by atoms with Gasteiger partial charge in [0.2, 0.25) is 5.95 Å². The number of rotatable bonds is 3. The van der Waals surface area contributed by atoms with E-state index < -0.39 is 0 Å². The van der Waals surface area contributed by atoms with Crippen LogP contribution in [0.1, 0.15) is 51.2 Å². The monoisotopic (exact) mass is 209 g/mol. The van der Waals surface area contributed by atoms with Crippen LogP contribution in [0.3, 0.4) is 0 Å². The Morgan fingerprint density at radius 2 is 2.07 bits per heavy atom. The summed E-state index contributed by atoms with van der Waals surface area (Å²) < 4.78 is 13.1. The molecule has 0 aromatic carbocycles. The molecule has 0 aliphatic carbocycles. The lowest BCUT2D eigenvalue weighted by molar-refractivity contribution is 0.287. The third-order valence-electron chi connectivity index (χ3n) is 3.66. The van der Waals surface area contributed by atoms with Gasteiger partial charge in [0.05, 0.1) is 0 Å². The van der Waals surface area contributed by atoms with Gasteiger partial charge in [0.25, 0.3) is 0 Å². The van der Waals surface area contributed by atoms with E-state index in [9.17, 15) is 4.39 Å². The van der Waals surface area contributed by atoms with Crippen molar-refractivity contribution < 1.29 is 4.39 Å². The van der Waals surface area contributed by atoms with Gasteiger partial charge in [-0.2, -0.15) is 4.39 Å². The van der Waals surface area contributed by atoms with Gasteiger partial charge >= 0.3 is 0 Å². The van der Waals surface area contributed by atoms with Crippen molar-refractivity contribution in [3.63, 3.8) is 0 Å². The van der Waals surface area contributed by atoms with Gasteiger partial charge in [-0.3, -0.25) is 0 Å². The standard InChI is InChI=1S/C13H20FN/c1-6-13(4,5)10(3)11-7-12(14)15-8-9(11)2/h7-8,10H,6H2,1-5H3. The number of nitrogens with zero attached hydrogens (tertiary/aromatic N) is 1. The van der Waals surface area contributed by atoms with Crippen LogP contribution in [0.5, 0.6) is 0 Å². The van der Waals surface area contributed by atoms with Crippen LogP contribution in [-0.4, -0.2) is 4.98 Å². The summed E-state index contributed by atoms with van der Waals surface area (Å²) in [6.07, 6.45) is 2.70. The smallest absolute Gasteiger partial charge is 0.213 e. The van der Waals surface area contributed by atoms with Crippen molar-refractivity contribution >= 4 is 0 Å². The molecule has 0 aliphatic heterocycles. The summed E-state index contributed by atoms with van der Waals surface area (Å²) in [7, 11) is 0. The van der Waals surface area contributed by atoms with E-state index >= 15 is 0 Å². The fourth-order valence-electron chi connectivity index (χ4n) is 1.71. The van der Waals surface area contributed by atoms with Gasteiger partial charge in [-0.25, -0.2) is 4.98 Å². The zero-order valence-corrected chi connectivity index (χ0v) is 10.3. The van der Waals surface area contributed by atoms with Crippen molar-refractivity contribution in [1.29, 1.82) is 0 Å². The molecule has 2 heteroatoms. The molecule has 0 saturated heterocycles. The third kappa shape index (κ3) is 2.55. The Bertz CT molecular complexity index is 344. The molecule has 1 atom stereocenters. The predicted molar refractivity (Wildman–Crippen MR) is 61.4 cm³/mol. The SMILES string of the molecule is CCC(C)(C)C(C)c1cc(F)ncc1C. The summed E-state index contributed by atoms with van der Waals surface area (Å²) in [5.41, 5.74) is 2.35. The summed E-state index contributed by atoms with van der Waals surface area (Å²) in [5.74, 6) is -0.0330. The van der Waals surface area contributed by atoms with Crippen LogP contribution in [0, 0.1) is 18.3 Å². The van der Waals surface area contributed by atoms with E-state index in [1.165, 1.54) is 0 Å². The topological polar surface area (TPSA) is 12.9 Å². The maximum atomic E-state index is 13.1. The minimum absolute atomic E-state index is 0.193. The maximum absolute atomic E-state index is 13.1. The molecule has 0 radical (unpaired) electrons. The molecule has 0 aliphatic rings. The quantitative estimate of drug-likeness (QED) is 0.684. The zero-order chi connectivity index (χ0) is 11.6. The molecule has 0 amide bonds. The molecule has 0 fully saturated rings. The molecule has 1 aromatic rings. The van der Waals surface area contributed by atoms with E-state index in [1.807, 2.05) is 6.92 Å². The Hall–Kier alpha value is -0.920. The second-order valence-electron chi connectivity index (χ2n) is 4.93. The molecule has 0 N–H and O–H groups in total. The molecule has 1 aromatic heterocycles. The first-order chi connectivity index (χ1) is 6.88. The zero-order valence-electron chi connectivity index (χ0n) is 10.3. The van der Waals surface area contributed by atoms with Gasteiger partial charge in [-0.05, 0) is 35.4 Å². The first-order valence-electron chi connectivity index (χ1n) is 5.50. The Labute approximate surface area is 91.7 Å². The van der Waals surface area contributed by atoms with E-state index in [0.717, 1.165) is 17.5 Å². The lowest BCUT2D eigenvalue weighted by atomic mass is 9.73. The van der Waals surface area contributed by atoms with Crippen LogP contribution in [0.15, 0.2) is 12.3 Å². The van der Waals surface area contributed by atoms with Crippen molar-refractivity contribution in [3.8, 4) is 0 Å². The van der Waals surface area contributed by atoms with Crippen molar-refractivity contribution in [2.45, 2.75) is 47.0 Å². The van der Waals surface area contributed by atoms with Gasteiger partial charge in [-0.1, -0.05) is 34.1 Å². The van der Waals surface area contributed by atoms with Crippen molar-refractivity contribution in [2.75, 3.05) is 0 Å². The predicted octanol–water partition coefficient (Wildman–Crippen LogP) is 4.07. The van der Waals surface area contributed by atoms with Gasteiger partial charge in [0.15, 0.2) is 0 Å². The highest BCUT2D eigenvalue weighted by atomic mass is 19.1. The second-order valence-corrected chi connectivity index (χ2v) is 4.93. The number of aryl methyl sites for hydroxylation is 1. The largest absolute Gasteiger partial charge is 0.228 e. The Balaban J connectivity index is 3.10. The van der Waals surface area contributed by atoms with Gasteiger partial charge < -0.3 is 0 Å². The van der Waals surface area contributed by atoms with Gasteiger partial charge in [-0.15, -0.1) is 0 Å². The Morgan fingerprint density at radius 3 is 2.60 bits per heavy atom. The Morgan fingerprint density at radius 1 is 1.47 bits per heavy atom. The van der Waals surface area contributed by atoms with Crippen molar-refractivity contribution in [2.24, 2.45) is 5.41 Å². The summed E-state index contributed by atoms with van der Waals surface area (Å²) in [6.45, 7) is 10.8. The van der Waals surface area contributed by atoms with Gasteiger partial charge in [0.1, 0.15) is 0 Å². The van der Waals surface area contributed by atoms with Crippen LogP contribution >= 0.6 is 0 Å². The summed E-state index contributed by atoms with van der Waals surface area (Å²) >= 11 is 0. The molecular formula is C13H20FN. The van der Waals surface area contributed by atoms with E-state index in [2.05, 4.69) is 32.7 Å². The molecule has 1 unspecified atom stereocenters. The fourth-order valence-corrected chi connectivity index (χ4v) is 1.71. The van der Waals surface area contributed by atoms with Crippen molar-refractivity contribution in [1.82, 2.24) is 4.98 Å². The molecule has 0 spiro atoms. The van der Waals surface area contributed by atoms with E-state index in [0.29, 0.717) is 5.92 Å². The lowest BCUT2D eigenvalue weighted by Gasteiger charge is -2.31. The molecular weight excluding hydrogens is 189 g/mol. The van der Waals surface area contributed by atoms with E-state index in [1.54, 1.807) is 12.3 Å². The van der Waals surface area contributed by atoms with Gasteiger partial charge in [0, 0.05) is 6.20 Å². The summed E-state index contributed by atoms with van der Waals surface area (Å²) in [5, 5.41) is 0. The molecule has 0 saturated carbocycles. The highest BCUT2D eigenvalue weighted by Gasteiger charge is 2.26. The molecule has 84 valence electrons. The van der Waals surface area contributed by atoms with E-state index in [4.69, 9.17) is 0 Å². The number of aromatic nitrogens is 1. The minimum Gasteiger partial charge on any atom is -0.228 e. The van der Waals surface area contributed by atoms with Crippen LogP contribution in [-0.2, 0) is 0 Å². The molecule has 1 heterocycles. The molecule has 0 bridgehead atoms. The highest BCUT2D eigenvalue weighted by Crippen LogP contribution is 2.38. The molecule has 1 nitrogen and oxygen atoms in total. The second kappa shape index (κ2) is 4.30. The van der Waals surface area contributed by atoms with Crippen LogP contribution in [0.2, 0.25) is 0 Å². The highest BCUT2D eigenvalue weighted by molar-refractivity contribution is 5.27. The van der Waals surface area contributed by atoms with Crippen LogP contribution in [0.25, 0.3) is 0 Å². The lowest BCUT2D eigenvalue weighted by Crippen LogP contribution is -2.19. The summed E-state index contributed by atoms with van der Waals surface area (Å²) in [6, 6.07) is 1.57. The average Bonchev–Trinajstić information content (AvgIpc) is 2.20. The fraction of sp³-hybridized carbons (Fsp3) is 0.615. The molecule has 15 heavy (non-hydrogen) atoms. The normalized spacial score (nSPS) is 14.0. The van der Waals surface area contributed by atoms with Crippen molar-refractivity contribution in [3.05, 3.63) is 29.3 Å². The number of hydrogen-bond acceptors (Lipinski definition) is 1. The number of halogens is 1. The number of hydrogen-bond donors (Lipinski definition) is 0. The number of pyridine rings is 1. The average molecular weight is 209 g/mol. The first kappa shape index (κ1) is 12.2. The maximum Gasteiger partial charge on any atom is 0.213 e. The first-order valence-corrected chi connectivity index (χ1v) is 5.50. The third-order valence-corrected chi connectivity index (χ3v) is 3.66. The van der Waals surface area contributed by atoms with Crippen LogP contribution < -0.4 is 0 Å². The molecule has 1 rings (SSSR count). The Kier molecular flexibility index (Phi) is 3.48. The summed E-state index contributed by atoms with van der Waals surface area (Å²) in [4.78, 5) is 3.66. The van der Waals surface area contributed by atoms with E-state index in [-0.39, 0.29) is 11.4 Å². The van der Waals surface area contributed by atoms with Crippen LogP contribution in [0.4, 0.5) is 4.39 Å².